The number of Topliss-reactive ketones (excluding diaryl/α,β-unsaturated/α-hetero) is 1. The fourth-order valence-electron chi connectivity index (χ4n) is 3.83. The van der Waals surface area contributed by atoms with Crippen molar-refractivity contribution in [3.05, 3.63) is 65.2 Å². The van der Waals surface area contributed by atoms with Gasteiger partial charge in [-0.25, -0.2) is 0 Å². The molecule has 1 aliphatic rings. The largest absolute Gasteiger partial charge is 0.507 e. The minimum absolute atomic E-state index is 0.0730. The van der Waals surface area contributed by atoms with Crippen molar-refractivity contribution >= 4 is 17.4 Å². The lowest BCUT2D eigenvalue weighted by atomic mass is 9.95. The van der Waals surface area contributed by atoms with Crippen molar-refractivity contribution in [2.75, 3.05) is 33.5 Å². The van der Waals surface area contributed by atoms with Crippen LogP contribution in [-0.4, -0.2) is 55.2 Å². The molecule has 33 heavy (non-hydrogen) atoms. The second kappa shape index (κ2) is 11.5. The lowest BCUT2D eigenvalue weighted by Gasteiger charge is -2.25. The van der Waals surface area contributed by atoms with Gasteiger partial charge in [0.1, 0.15) is 17.3 Å². The number of likely N-dealkylation sites (tertiary alicyclic amines) is 1. The van der Waals surface area contributed by atoms with Crippen LogP contribution in [0.5, 0.6) is 11.5 Å². The van der Waals surface area contributed by atoms with Gasteiger partial charge in [0.05, 0.1) is 24.8 Å². The van der Waals surface area contributed by atoms with Gasteiger partial charge >= 0.3 is 0 Å². The lowest BCUT2D eigenvalue weighted by Crippen LogP contribution is -2.31. The van der Waals surface area contributed by atoms with Crippen LogP contribution in [0.4, 0.5) is 0 Å². The highest BCUT2D eigenvalue weighted by atomic mass is 16.5. The van der Waals surface area contributed by atoms with Crippen molar-refractivity contribution in [3.8, 4) is 11.5 Å². The number of ketones is 1. The molecule has 2 aromatic carbocycles. The highest BCUT2D eigenvalue weighted by Crippen LogP contribution is 2.40. The summed E-state index contributed by atoms with van der Waals surface area (Å²) >= 11 is 0. The van der Waals surface area contributed by atoms with Crippen LogP contribution in [0.1, 0.15) is 43.9 Å². The Morgan fingerprint density at radius 2 is 1.58 bits per heavy atom. The standard InChI is InChI=1S/C26H31NO6/c1-4-16-33-21-13-9-19(10-14-21)24(28)22-23(18-7-11-20(12-8-18)32-5-2)27(15-6-17-31-3)26(30)25(22)29/h7-14,23,28H,4-6,15-17H2,1-3H3/b24-22-. The molecule has 1 N–H and O–H groups in total. The zero-order valence-electron chi connectivity index (χ0n) is 19.4. The molecule has 1 amide bonds. The quantitative estimate of drug-likeness (QED) is 0.236. The molecule has 0 aromatic heterocycles. The number of ether oxygens (including phenoxy) is 3. The first kappa shape index (κ1) is 24.3. The van der Waals surface area contributed by atoms with Crippen LogP contribution in [0.15, 0.2) is 54.1 Å². The first-order chi connectivity index (χ1) is 16.0. The van der Waals surface area contributed by atoms with Gasteiger partial charge in [0.2, 0.25) is 0 Å². The lowest BCUT2D eigenvalue weighted by molar-refractivity contribution is -0.140. The van der Waals surface area contributed by atoms with Crippen LogP contribution in [0, 0.1) is 0 Å². The predicted molar refractivity (Wildman–Crippen MR) is 125 cm³/mol. The van der Waals surface area contributed by atoms with Crippen LogP contribution in [0.2, 0.25) is 0 Å². The zero-order valence-corrected chi connectivity index (χ0v) is 19.4. The molecule has 1 saturated heterocycles. The van der Waals surface area contributed by atoms with Gasteiger partial charge in [0.25, 0.3) is 11.7 Å². The summed E-state index contributed by atoms with van der Waals surface area (Å²) in [6.45, 7) is 5.83. The Balaban J connectivity index is 2.01. The average Bonchev–Trinajstić information content (AvgIpc) is 3.08. The molecule has 1 fully saturated rings. The third-order valence-corrected chi connectivity index (χ3v) is 5.39. The molecule has 1 heterocycles. The molecule has 7 nitrogen and oxygen atoms in total. The summed E-state index contributed by atoms with van der Waals surface area (Å²) in [7, 11) is 1.59. The van der Waals surface area contributed by atoms with E-state index in [1.807, 2.05) is 26.0 Å². The minimum Gasteiger partial charge on any atom is -0.507 e. The van der Waals surface area contributed by atoms with E-state index < -0.39 is 17.7 Å². The smallest absolute Gasteiger partial charge is 0.295 e. The predicted octanol–water partition coefficient (Wildman–Crippen LogP) is 4.33. The molecule has 1 atom stereocenters. The topological polar surface area (TPSA) is 85.3 Å². The molecule has 7 heteroatoms. The Kier molecular flexibility index (Phi) is 8.49. The summed E-state index contributed by atoms with van der Waals surface area (Å²) in [6.07, 6.45) is 1.46. The van der Waals surface area contributed by atoms with Crippen LogP contribution >= 0.6 is 0 Å². The normalized spacial score (nSPS) is 17.4. The van der Waals surface area contributed by atoms with Crippen molar-refractivity contribution < 1.29 is 28.9 Å². The van der Waals surface area contributed by atoms with Crippen molar-refractivity contribution in [1.82, 2.24) is 4.90 Å². The molecule has 176 valence electrons. The average molecular weight is 454 g/mol. The Hall–Kier alpha value is -3.32. The van der Waals surface area contributed by atoms with Gasteiger partial charge in [-0.05, 0) is 61.7 Å². The Labute approximate surface area is 194 Å². The van der Waals surface area contributed by atoms with Crippen LogP contribution in [-0.2, 0) is 14.3 Å². The summed E-state index contributed by atoms with van der Waals surface area (Å²) < 4.78 is 16.2. The highest BCUT2D eigenvalue weighted by molar-refractivity contribution is 6.46. The maximum atomic E-state index is 13.0. The third-order valence-electron chi connectivity index (χ3n) is 5.39. The Bertz CT molecular complexity index is 981. The number of carbonyl (C=O) groups excluding carboxylic acids is 2. The van der Waals surface area contributed by atoms with Gasteiger partial charge in [-0.3, -0.25) is 9.59 Å². The molecule has 2 aromatic rings. The van der Waals surface area contributed by atoms with Crippen LogP contribution in [0.25, 0.3) is 5.76 Å². The second-order valence-corrected chi connectivity index (χ2v) is 7.71. The third kappa shape index (κ3) is 5.54. The molecule has 0 bridgehead atoms. The van der Waals surface area contributed by atoms with E-state index in [1.165, 1.54) is 4.90 Å². The Morgan fingerprint density at radius 1 is 0.939 bits per heavy atom. The van der Waals surface area contributed by atoms with Gasteiger partial charge < -0.3 is 24.2 Å². The molecule has 0 saturated carbocycles. The number of aliphatic hydroxyl groups is 1. The molecule has 1 unspecified atom stereocenters. The molecule has 0 radical (unpaired) electrons. The number of aliphatic hydroxyl groups excluding tert-OH is 1. The Morgan fingerprint density at radius 3 is 2.18 bits per heavy atom. The maximum Gasteiger partial charge on any atom is 0.295 e. The molecule has 1 aliphatic heterocycles. The van der Waals surface area contributed by atoms with Gasteiger partial charge in [-0.15, -0.1) is 0 Å². The van der Waals surface area contributed by atoms with E-state index in [1.54, 1.807) is 43.5 Å². The van der Waals surface area contributed by atoms with E-state index in [0.717, 1.165) is 12.0 Å². The van der Waals surface area contributed by atoms with E-state index >= 15 is 0 Å². The zero-order chi connectivity index (χ0) is 23.8. The summed E-state index contributed by atoms with van der Waals surface area (Å²) in [5, 5.41) is 11.1. The van der Waals surface area contributed by atoms with Gasteiger partial charge in [0.15, 0.2) is 0 Å². The van der Waals surface area contributed by atoms with Crippen LogP contribution in [0.3, 0.4) is 0 Å². The van der Waals surface area contributed by atoms with E-state index in [9.17, 15) is 14.7 Å². The van der Waals surface area contributed by atoms with E-state index in [2.05, 4.69) is 0 Å². The molecule has 3 rings (SSSR count). The monoisotopic (exact) mass is 453 g/mol. The highest BCUT2D eigenvalue weighted by Gasteiger charge is 2.45. The number of nitrogens with zero attached hydrogens (tertiary/aromatic N) is 1. The minimum atomic E-state index is -0.700. The first-order valence-electron chi connectivity index (χ1n) is 11.2. The van der Waals surface area contributed by atoms with Gasteiger partial charge in [-0.1, -0.05) is 19.1 Å². The number of carbonyl (C=O) groups is 2. The second-order valence-electron chi connectivity index (χ2n) is 7.71. The fourth-order valence-corrected chi connectivity index (χ4v) is 3.83. The fraction of sp³-hybridized carbons (Fsp3) is 0.385. The maximum absolute atomic E-state index is 13.0. The number of methoxy groups -OCH3 is 1. The summed E-state index contributed by atoms with van der Waals surface area (Å²) in [5.41, 5.74) is 1.24. The number of amides is 1. The molecule has 0 spiro atoms. The van der Waals surface area contributed by atoms with E-state index in [-0.39, 0.29) is 11.3 Å². The SMILES string of the molecule is CCCOc1ccc(/C(O)=C2/C(=O)C(=O)N(CCCOC)C2c2ccc(OCC)cc2)cc1. The number of benzene rings is 2. The van der Waals surface area contributed by atoms with Crippen molar-refractivity contribution in [1.29, 1.82) is 0 Å². The number of hydrogen-bond donors (Lipinski definition) is 1. The van der Waals surface area contributed by atoms with Gasteiger partial charge in [0, 0.05) is 25.8 Å². The van der Waals surface area contributed by atoms with Crippen molar-refractivity contribution in [2.24, 2.45) is 0 Å². The molecule has 0 aliphatic carbocycles. The number of hydrogen-bond acceptors (Lipinski definition) is 6. The summed E-state index contributed by atoms with van der Waals surface area (Å²) in [6, 6.07) is 13.4. The molecular weight excluding hydrogens is 422 g/mol. The number of rotatable bonds is 11. The van der Waals surface area contributed by atoms with Crippen LogP contribution < -0.4 is 9.47 Å². The van der Waals surface area contributed by atoms with Crippen molar-refractivity contribution in [2.45, 2.75) is 32.7 Å². The molecular formula is C26H31NO6. The van der Waals surface area contributed by atoms with Gasteiger partial charge in [-0.2, -0.15) is 0 Å². The van der Waals surface area contributed by atoms with E-state index in [0.29, 0.717) is 49.8 Å². The summed E-state index contributed by atoms with van der Waals surface area (Å²) in [5.74, 6) is -0.162. The first-order valence-corrected chi connectivity index (χ1v) is 11.2. The van der Waals surface area contributed by atoms with E-state index in [4.69, 9.17) is 14.2 Å². The van der Waals surface area contributed by atoms with Crippen molar-refractivity contribution in [3.63, 3.8) is 0 Å². The summed E-state index contributed by atoms with van der Waals surface area (Å²) in [4.78, 5) is 27.5.